The van der Waals surface area contributed by atoms with Crippen LogP contribution in [0.5, 0.6) is 11.5 Å². The predicted octanol–water partition coefficient (Wildman–Crippen LogP) is -0.419. The highest BCUT2D eigenvalue weighted by Crippen LogP contribution is 2.31. The third-order valence-corrected chi connectivity index (χ3v) is 2.43. The molecule has 2 rings (SSSR count). The van der Waals surface area contributed by atoms with Crippen LogP contribution in [0.3, 0.4) is 0 Å². The Bertz CT molecular complexity index is 486. The number of aromatic hydroxyl groups is 2. The van der Waals surface area contributed by atoms with E-state index in [1.54, 1.807) is 12.1 Å². The van der Waals surface area contributed by atoms with Crippen molar-refractivity contribution in [2.75, 3.05) is 0 Å². The number of hydrogen-bond acceptors (Lipinski definition) is 6. The molecule has 1 aromatic carbocycles. The average Bonchev–Trinajstić information content (AvgIpc) is 2.81. The van der Waals surface area contributed by atoms with Crippen LogP contribution in [0, 0.1) is 0 Å². The van der Waals surface area contributed by atoms with Gasteiger partial charge in [-0.15, -0.1) is 0 Å². The zero-order valence-corrected chi connectivity index (χ0v) is 8.75. The largest absolute Gasteiger partial charge is 0.504 e. The van der Waals surface area contributed by atoms with Gasteiger partial charge < -0.3 is 15.1 Å². The first-order chi connectivity index (χ1) is 8.13. The molecule has 7 heteroatoms. The van der Waals surface area contributed by atoms with E-state index >= 15 is 0 Å². The first-order valence-electron chi connectivity index (χ1n) is 4.88. The molecule has 1 amide bonds. The fourth-order valence-corrected chi connectivity index (χ4v) is 1.53. The summed E-state index contributed by atoms with van der Waals surface area (Å²) in [6, 6.07) is 4.47. The number of carbonyl (C=O) groups excluding carboxylic acids is 1. The van der Waals surface area contributed by atoms with Crippen LogP contribution in [-0.2, 0) is 9.63 Å². The van der Waals surface area contributed by atoms with Crippen LogP contribution in [0.2, 0.25) is 0 Å². The molecule has 0 radical (unpaired) electrons. The monoisotopic (exact) mass is 237 g/mol. The van der Waals surface area contributed by atoms with E-state index in [1.807, 2.05) is 5.43 Å². The molecule has 0 saturated heterocycles. The SMILES string of the molecule is NNC(=O)C1CC(c2cccc(O)c2O)=NO1. The Morgan fingerprint density at radius 1 is 1.53 bits per heavy atom. The van der Waals surface area contributed by atoms with Crippen LogP contribution in [0.4, 0.5) is 0 Å². The first kappa shape index (κ1) is 11.2. The Balaban J connectivity index is 2.21. The summed E-state index contributed by atoms with van der Waals surface area (Å²) in [4.78, 5) is 16.1. The minimum absolute atomic E-state index is 0.181. The second-order valence-corrected chi connectivity index (χ2v) is 3.52. The molecule has 0 aromatic heterocycles. The van der Waals surface area contributed by atoms with Gasteiger partial charge in [-0.1, -0.05) is 11.2 Å². The van der Waals surface area contributed by atoms with Crippen LogP contribution in [0.25, 0.3) is 0 Å². The van der Waals surface area contributed by atoms with E-state index in [1.165, 1.54) is 6.07 Å². The van der Waals surface area contributed by atoms with Crippen LogP contribution in [-0.4, -0.2) is 27.9 Å². The first-order valence-corrected chi connectivity index (χ1v) is 4.88. The molecular weight excluding hydrogens is 226 g/mol. The lowest BCUT2D eigenvalue weighted by atomic mass is 10.0. The van der Waals surface area contributed by atoms with Gasteiger partial charge in [0.05, 0.1) is 5.71 Å². The molecule has 0 aliphatic carbocycles. The smallest absolute Gasteiger partial charge is 0.278 e. The van der Waals surface area contributed by atoms with Crippen molar-refractivity contribution in [2.45, 2.75) is 12.5 Å². The van der Waals surface area contributed by atoms with Gasteiger partial charge in [0.1, 0.15) is 0 Å². The van der Waals surface area contributed by atoms with Crippen molar-refractivity contribution in [3.05, 3.63) is 23.8 Å². The van der Waals surface area contributed by atoms with E-state index in [4.69, 9.17) is 10.7 Å². The lowest BCUT2D eigenvalue weighted by Crippen LogP contribution is -2.39. The van der Waals surface area contributed by atoms with Crippen molar-refractivity contribution in [2.24, 2.45) is 11.0 Å². The second kappa shape index (κ2) is 4.30. The van der Waals surface area contributed by atoms with E-state index in [0.717, 1.165) is 0 Å². The molecule has 5 N–H and O–H groups in total. The Kier molecular flexibility index (Phi) is 2.84. The fourth-order valence-electron chi connectivity index (χ4n) is 1.53. The quantitative estimate of drug-likeness (QED) is 0.241. The van der Waals surface area contributed by atoms with Crippen molar-refractivity contribution in [3.8, 4) is 11.5 Å². The third kappa shape index (κ3) is 2.00. The number of phenolic OH excluding ortho intramolecular Hbond substituents is 2. The van der Waals surface area contributed by atoms with Gasteiger partial charge in [-0.2, -0.15) is 0 Å². The second-order valence-electron chi connectivity index (χ2n) is 3.52. The topological polar surface area (TPSA) is 117 Å². The van der Waals surface area contributed by atoms with Gasteiger partial charge in [-0.05, 0) is 12.1 Å². The van der Waals surface area contributed by atoms with Crippen LogP contribution < -0.4 is 11.3 Å². The Morgan fingerprint density at radius 2 is 2.29 bits per heavy atom. The predicted molar refractivity (Wildman–Crippen MR) is 58.1 cm³/mol. The summed E-state index contributed by atoms with van der Waals surface area (Å²) < 4.78 is 0. The molecule has 1 heterocycles. The van der Waals surface area contributed by atoms with Crippen molar-refractivity contribution in [1.82, 2.24) is 5.43 Å². The standard InChI is InChI=1S/C10H11N3O4/c11-12-10(16)8-4-6(13-17-8)5-2-1-3-7(14)9(5)15/h1-3,8,14-15H,4,11H2,(H,12,16). The highest BCUT2D eigenvalue weighted by molar-refractivity contribution is 6.06. The number of carbonyl (C=O) groups is 1. The van der Waals surface area contributed by atoms with Gasteiger partial charge in [0.25, 0.3) is 5.91 Å². The zero-order chi connectivity index (χ0) is 12.4. The third-order valence-electron chi connectivity index (χ3n) is 2.43. The van der Waals surface area contributed by atoms with E-state index < -0.39 is 12.0 Å². The molecule has 1 aliphatic heterocycles. The molecule has 7 nitrogen and oxygen atoms in total. The summed E-state index contributed by atoms with van der Waals surface area (Å²) in [5.41, 5.74) is 2.67. The number of nitrogens with two attached hydrogens (primary N) is 1. The number of amides is 1. The summed E-state index contributed by atoms with van der Waals surface area (Å²) in [6.45, 7) is 0. The summed E-state index contributed by atoms with van der Waals surface area (Å²) in [5.74, 6) is 3.93. The molecule has 0 saturated carbocycles. The maximum Gasteiger partial charge on any atom is 0.278 e. The molecule has 1 aromatic rings. The maximum absolute atomic E-state index is 11.2. The zero-order valence-electron chi connectivity index (χ0n) is 8.75. The number of nitrogens with zero attached hydrogens (tertiary/aromatic N) is 1. The number of oxime groups is 1. The normalized spacial score (nSPS) is 18.4. The Labute approximate surface area is 96.5 Å². The molecule has 0 bridgehead atoms. The van der Waals surface area contributed by atoms with Gasteiger partial charge >= 0.3 is 0 Å². The molecule has 0 fully saturated rings. The molecule has 0 spiro atoms. The minimum atomic E-state index is -0.809. The lowest BCUT2D eigenvalue weighted by Gasteiger charge is -2.06. The molecule has 1 unspecified atom stereocenters. The number of hydrazine groups is 1. The van der Waals surface area contributed by atoms with Gasteiger partial charge in [0.15, 0.2) is 11.5 Å². The summed E-state index contributed by atoms with van der Waals surface area (Å²) in [6.07, 6.45) is -0.628. The number of phenols is 2. The van der Waals surface area contributed by atoms with E-state index in [2.05, 4.69) is 5.16 Å². The number of nitrogens with one attached hydrogen (secondary N) is 1. The molecular formula is C10H11N3O4. The van der Waals surface area contributed by atoms with Crippen LogP contribution >= 0.6 is 0 Å². The van der Waals surface area contributed by atoms with Crippen LogP contribution in [0.15, 0.2) is 23.4 Å². The van der Waals surface area contributed by atoms with Crippen molar-refractivity contribution in [3.63, 3.8) is 0 Å². The van der Waals surface area contributed by atoms with E-state index in [9.17, 15) is 15.0 Å². The number of benzene rings is 1. The van der Waals surface area contributed by atoms with Crippen molar-refractivity contribution in [1.29, 1.82) is 0 Å². The van der Waals surface area contributed by atoms with Gasteiger partial charge in [-0.3, -0.25) is 10.2 Å². The maximum atomic E-state index is 11.2. The summed E-state index contributed by atoms with van der Waals surface area (Å²) in [5, 5.41) is 22.7. The van der Waals surface area contributed by atoms with Crippen molar-refractivity contribution >= 4 is 11.6 Å². The minimum Gasteiger partial charge on any atom is -0.504 e. The van der Waals surface area contributed by atoms with Crippen LogP contribution in [0.1, 0.15) is 12.0 Å². The van der Waals surface area contributed by atoms with E-state index in [0.29, 0.717) is 11.3 Å². The summed E-state index contributed by atoms with van der Waals surface area (Å²) in [7, 11) is 0. The lowest BCUT2D eigenvalue weighted by molar-refractivity contribution is -0.131. The Morgan fingerprint density at radius 3 is 3.00 bits per heavy atom. The average molecular weight is 237 g/mol. The number of para-hydroxylation sites is 1. The fraction of sp³-hybridized carbons (Fsp3) is 0.200. The number of rotatable bonds is 2. The molecule has 90 valence electrons. The number of hydrogen-bond donors (Lipinski definition) is 4. The highest BCUT2D eigenvalue weighted by atomic mass is 16.6. The highest BCUT2D eigenvalue weighted by Gasteiger charge is 2.29. The van der Waals surface area contributed by atoms with E-state index in [-0.39, 0.29) is 17.9 Å². The molecule has 1 atom stereocenters. The van der Waals surface area contributed by atoms with Crippen molar-refractivity contribution < 1.29 is 19.8 Å². The van der Waals surface area contributed by atoms with Gasteiger partial charge in [0, 0.05) is 12.0 Å². The summed E-state index contributed by atoms with van der Waals surface area (Å²) >= 11 is 0. The van der Waals surface area contributed by atoms with Gasteiger partial charge in [-0.25, -0.2) is 5.84 Å². The molecule has 1 aliphatic rings. The Hall–Kier alpha value is -2.28. The van der Waals surface area contributed by atoms with Gasteiger partial charge in [0.2, 0.25) is 6.10 Å². The molecule has 17 heavy (non-hydrogen) atoms.